The first kappa shape index (κ1) is 21.0. The number of aromatic nitrogens is 4. The number of para-hydroxylation sites is 1. The molecule has 0 saturated heterocycles. The van der Waals surface area contributed by atoms with Crippen molar-refractivity contribution < 1.29 is 13.9 Å². The van der Waals surface area contributed by atoms with Gasteiger partial charge in [0.25, 0.3) is 0 Å². The summed E-state index contributed by atoms with van der Waals surface area (Å²) in [6.45, 7) is 1.46. The Hall–Kier alpha value is -4.27. The van der Waals surface area contributed by atoms with E-state index in [4.69, 9.17) is 4.74 Å². The van der Waals surface area contributed by atoms with Gasteiger partial charge in [0, 0.05) is 31.1 Å². The maximum absolute atomic E-state index is 13.4. The number of rotatable bonds is 7. The number of hydrogen-bond acceptors (Lipinski definition) is 7. The van der Waals surface area contributed by atoms with Crippen molar-refractivity contribution in [2.45, 2.75) is 6.92 Å². The van der Waals surface area contributed by atoms with Gasteiger partial charge >= 0.3 is 0 Å². The Kier molecular flexibility index (Phi) is 5.80. The molecule has 0 aliphatic rings. The second-order valence-electron chi connectivity index (χ2n) is 7.03. The van der Waals surface area contributed by atoms with Gasteiger partial charge in [-0.05, 0) is 37.3 Å². The fourth-order valence-corrected chi connectivity index (χ4v) is 3.28. The van der Waals surface area contributed by atoms with E-state index in [0.29, 0.717) is 34.3 Å². The maximum Gasteiger partial charge on any atom is 0.214 e. The molecule has 0 fully saturated rings. The third-order valence-electron chi connectivity index (χ3n) is 4.73. The summed E-state index contributed by atoms with van der Waals surface area (Å²) < 4.78 is 20.8. The van der Waals surface area contributed by atoms with Crippen molar-refractivity contribution >= 4 is 28.8 Å². The Morgan fingerprint density at radius 1 is 1.06 bits per heavy atom. The quantitative estimate of drug-likeness (QED) is 0.322. The van der Waals surface area contributed by atoms with Crippen LogP contribution in [0.4, 0.5) is 27.4 Å². The van der Waals surface area contributed by atoms with Gasteiger partial charge in [-0.15, -0.1) is 0 Å². The number of halogens is 1. The fraction of sp³-hybridized carbons (Fsp3) is 0.130. The molecule has 0 aliphatic heterocycles. The molecule has 162 valence electrons. The van der Waals surface area contributed by atoms with E-state index in [0.717, 1.165) is 11.3 Å². The number of pyridine rings is 2. The summed E-state index contributed by atoms with van der Waals surface area (Å²) in [5.74, 6) is 0.517. The number of aryl methyl sites for hydroxylation is 1. The second kappa shape index (κ2) is 8.84. The van der Waals surface area contributed by atoms with Crippen molar-refractivity contribution in [3.8, 4) is 17.0 Å². The van der Waals surface area contributed by atoms with Crippen molar-refractivity contribution in [2.24, 2.45) is 7.05 Å². The standard InChI is InChI=1S/C23H21FN6O2/c1-14(31)16-13-25-22(28-21-9-5-8-20(24)27-21)12-19(16)26-18-7-4-6-15(23(18)32-3)17-10-11-30(2)29-17/h4-13H,1-3H3,(H2,25,26,27,28). The van der Waals surface area contributed by atoms with Gasteiger partial charge in [0.15, 0.2) is 11.5 Å². The highest BCUT2D eigenvalue weighted by molar-refractivity contribution is 6.00. The highest BCUT2D eigenvalue weighted by Crippen LogP contribution is 2.38. The highest BCUT2D eigenvalue weighted by atomic mass is 19.1. The van der Waals surface area contributed by atoms with Gasteiger partial charge in [-0.1, -0.05) is 12.1 Å². The molecule has 0 spiro atoms. The predicted octanol–water partition coefficient (Wildman–Crippen LogP) is 4.71. The second-order valence-corrected chi connectivity index (χ2v) is 7.03. The molecule has 9 heteroatoms. The van der Waals surface area contributed by atoms with Crippen molar-refractivity contribution in [1.29, 1.82) is 0 Å². The first-order valence-electron chi connectivity index (χ1n) is 9.79. The van der Waals surface area contributed by atoms with Gasteiger partial charge in [0.05, 0.1) is 29.7 Å². The minimum atomic E-state index is -0.607. The third-order valence-corrected chi connectivity index (χ3v) is 4.73. The summed E-state index contributed by atoms with van der Waals surface area (Å²) >= 11 is 0. The van der Waals surface area contributed by atoms with E-state index < -0.39 is 5.95 Å². The normalized spacial score (nSPS) is 10.6. The van der Waals surface area contributed by atoms with Crippen LogP contribution in [0.2, 0.25) is 0 Å². The van der Waals surface area contributed by atoms with E-state index in [2.05, 4.69) is 25.7 Å². The molecule has 0 amide bonds. The molecule has 0 aliphatic carbocycles. The Morgan fingerprint density at radius 2 is 1.88 bits per heavy atom. The lowest BCUT2D eigenvalue weighted by atomic mass is 10.1. The lowest BCUT2D eigenvalue weighted by Crippen LogP contribution is -2.05. The van der Waals surface area contributed by atoms with Crippen LogP contribution in [0.1, 0.15) is 17.3 Å². The van der Waals surface area contributed by atoms with Crippen LogP contribution in [0.3, 0.4) is 0 Å². The van der Waals surface area contributed by atoms with Gasteiger partial charge in [0.1, 0.15) is 11.6 Å². The van der Waals surface area contributed by atoms with Crippen LogP contribution in [0.25, 0.3) is 11.3 Å². The summed E-state index contributed by atoms with van der Waals surface area (Å²) in [6, 6.07) is 13.6. The molecule has 4 rings (SSSR count). The van der Waals surface area contributed by atoms with Crippen molar-refractivity contribution in [3.05, 3.63) is 72.4 Å². The molecule has 0 saturated carbocycles. The Bertz CT molecular complexity index is 1290. The number of Topliss-reactive ketones (excluding diaryl/α,β-unsaturated/α-hetero) is 1. The molecule has 32 heavy (non-hydrogen) atoms. The number of nitrogens with one attached hydrogen (secondary N) is 2. The molecule has 4 aromatic rings. The molecule has 1 aromatic carbocycles. The molecule has 8 nitrogen and oxygen atoms in total. The number of nitrogens with zero attached hydrogens (tertiary/aromatic N) is 4. The van der Waals surface area contributed by atoms with Gasteiger partial charge in [-0.25, -0.2) is 9.97 Å². The Labute approximate surface area is 184 Å². The number of hydrogen-bond donors (Lipinski definition) is 2. The minimum absolute atomic E-state index is 0.157. The molecule has 0 unspecified atom stereocenters. The monoisotopic (exact) mass is 432 g/mol. The molecule has 0 radical (unpaired) electrons. The minimum Gasteiger partial charge on any atom is -0.494 e. The fourth-order valence-electron chi connectivity index (χ4n) is 3.28. The Balaban J connectivity index is 1.72. The molecule has 2 N–H and O–H groups in total. The molecule has 0 bridgehead atoms. The molecular formula is C23H21FN6O2. The van der Waals surface area contributed by atoms with Gasteiger partial charge in [-0.3, -0.25) is 9.48 Å². The van der Waals surface area contributed by atoms with Gasteiger partial charge < -0.3 is 15.4 Å². The van der Waals surface area contributed by atoms with Crippen LogP contribution in [0.5, 0.6) is 5.75 Å². The van der Waals surface area contributed by atoms with Crippen LogP contribution < -0.4 is 15.4 Å². The average molecular weight is 432 g/mol. The first-order valence-corrected chi connectivity index (χ1v) is 9.79. The Morgan fingerprint density at radius 3 is 2.56 bits per heavy atom. The number of carbonyl (C=O) groups is 1. The largest absolute Gasteiger partial charge is 0.494 e. The summed E-state index contributed by atoms with van der Waals surface area (Å²) in [4.78, 5) is 20.2. The zero-order chi connectivity index (χ0) is 22.7. The number of ether oxygens (including phenoxy) is 1. The number of ketones is 1. The zero-order valence-corrected chi connectivity index (χ0v) is 17.8. The summed E-state index contributed by atoms with van der Waals surface area (Å²) in [5.41, 5.74) is 3.13. The van der Waals surface area contributed by atoms with Crippen molar-refractivity contribution in [2.75, 3.05) is 17.7 Å². The first-order chi connectivity index (χ1) is 15.4. The lowest BCUT2D eigenvalue weighted by Gasteiger charge is -2.16. The average Bonchev–Trinajstić information content (AvgIpc) is 3.19. The zero-order valence-electron chi connectivity index (χ0n) is 17.8. The SMILES string of the molecule is COc1c(Nc2cc(Nc3cccc(F)n3)ncc2C(C)=O)cccc1-c1ccn(C)n1. The summed E-state index contributed by atoms with van der Waals surface area (Å²) in [6.07, 6.45) is 3.31. The third kappa shape index (κ3) is 4.41. The number of methoxy groups -OCH3 is 1. The van der Waals surface area contributed by atoms with E-state index >= 15 is 0 Å². The molecule has 3 aromatic heterocycles. The molecule has 3 heterocycles. The predicted molar refractivity (Wildman–Crippen MR) is 120 cm³/mol. The van der Waals surface area contributed by atoms with Gasteiger partial charge in [-0.2, -0.15) is 9.49 Å². The van der Waals surface area contributed by atoms with E-state index in [1.54, 1.807) is 30.0 Å². The van der Waals surface area contributed by atoms with Crippen LogP contribution in [-0.2, 0) is 7.05 Å². The highest BCUT2D eigenvalue weighted by Gasteiger charge is 2.16. The van der Waals surface area contributed by atoms with Crippen LogP contribution in [-0.4, -0.2) is 32.6 Å². The van der Waals surface area contributed by atoms with Crippen LogP contribution in [0, 0.1) is 5.95 Å². The smallest absolute Gasteiger partial charge is 0.214 e. The van der Waals surface area contributed by atoms with E-state index in [-0.39, 0.29) is 5.78 Å². The molecule has 0 atom stereocenters. The van der Waals surface area contributed by atoms with Gasteiger partial charge in [0.2, 0.25) is 5.95 Å². The lowest BCUT2D eigenvalue weighted by molar-refractivity contribution is 0.101. The van der Waals surface area contributed by atoms with E-state index in [1.807, 2.05) is 37.5 Å². The van der Waals surface area contributed by atoms with E-state index in [1.165, 1.54) is 19.2 Å². The summed E-state index contributed by atoms with van der Waals surface area (Å²) in [7, 11) is 3.42. The van der Waals surface area contributed by atoms with Crippen molar-refractivity contribution in [3.63, 3.8) is 0 Å². The molecular weight excluding hydrogens is 411 g/mol. The summed E-state index contributed by atoms with van der Waals surface area (Å²) in [5, 5.41) is 10.7. The van der Waals surface area contributed by atoms with E-state index in [9.17, 15) is 9.18 Å². The topological polar surface area (TPSA) is 94.0 Å². The number of anilines is 4. The van der Waals surface area contributed by atoms with Crippen molar-refractivity contribution in [1.82, 2.24) is 19.7 Å². The van der Waals surface area contributed by atoms with Crippen LogP contribution in [0.15, 0.2) is 60.9 Å². The van der Waals surface area contributed by atoms with Crippen LogP contribution >= 0.6 is 0 Å². The number of carbonyl (C=O) groups excluding carboxylic acids is 1. The number of benzene rings is 1. The maximum atomic E-state index is 13.4.